The van der Waals surface area contributed by atoms with Gasteiger partial charge in [0.1, 0.15) is 5.78 Å². The van der Waals surface area contributed by atoms with Gasteiger partial charge in [-0.25, -0.2) is 0 Å². The first-order valence-corrected chi connectivity index (χ1v) is 5.72. The molecule has 1 rings (SSSR count). The van der Waals surface area contributed by atoms with Crippen molar-refractivity contribution < 1.29 is 9.53 Å². The number of rotatable bonds is 7. The monoisotopic (exact) mass is 224 g/mol. The summed E-state index contributed by atoms with van der Waals surface area (Å²) in [4.78, 5) is 11.5. The van der Waals surface area contributed by atoms with Crippen molar-refractivity contribution in [3.8, 4) is 0 Å². The molecule has 4 heteroatoms. The average molecular weight is 224 g/mol. The van der Waals surface area contributed by atoms with Crippen LogP contribution in [0.5, 0.6) is 0 Å². The summed E-state index contributed by atoms with van der Waals surface area (Å²) in [7, 11) is 1.60. The molecule has 0 spiro atoms. The smallest absolute Gasteiger partial charge is 0.141 e. The molecule has 0 N–H and O–H groups in total. The van der Waals surface area contributed by atoms with Crippen molar-refractivity contribution >= 4 is 5.78 Å². The van der Waals surface area contributed by atoms with Crippen molar-refractivity contribution in [1.29, 1.82) is 0 Å². The summed E-state index contributed by atoms with van der Waals surface area (Å²) in [5.74, 6) is 0.177. The molecular weight excluding hydrogens is 204 g/mol. The van der Waals surface area contributed by atoms with E-state index in [1.165, 1.54) is 0 Å². The van der Waals surface area contributed by atoms with Crippen LogP contribution in [-0.4, -0.2) is 29.3 Å². The number of hydrogen-bond donors (Lipinski definition) is 0. The fourth-order valence-corrected chi connectivity index (χ4v) is 1.41. The van der Waals surface area contributed by atoms with Gasteiger partial charge in [-0.15, -0.1) is 0 Å². The first-order valence-electron chi connectivity index (χ1n) is 5.72. The third-order valence-corrected chi connectivity index (χ3v) is 2.67. The molecule has 90 valence electrons. The summed E-state index contributed by atoms with van der Waals surface area (Å²) in [6, 6.07) is 2.31. The van der Waals surface area contributed by atoms with Crippen molar-refractivity contribution in [2.24, 2.45) is 0 Å². The summed E-state index contributed by atoms with van der Waals surface area (Å²) >= 11 is 0. The topological polar surface area (TPSA) is 44.1 Å². The molecule has 16 heavy (non-hydrogen) atoms. The van der Waals surface area contributed by atoms with E-state index in [0.29, 0.717) is 25.5 Å². The highest BCUT2D eigenvalue weighted by molar-refractivity contribution is 5.80. The van der Waals surface area contributed by atoms with Crippen LogP contribution in [0.25, 0.3) is 0 Å². The molecule has 0 saturated heterocycles. The predicted molar refractivity (Wildman–Crippen MR) is 62.4 cm³/mol. The maximum atomic E-state index is 11.5. The van der Waals surface area contributed by atoms with Crippen LogP contribution in [0.15, 0.2) is 12.3 Å². The number of carbonyl (C=O) groups is 1. The van der Waals surface area contributed by atoms with Gasteiger partial charge in [-0.05, 0) is 19.4 Å². The van der Waals surface area contributed by atoms with E-state index in [2.05, 4.69) is 18.9 Å². The minimum atomic E-state index is 0.177. The molecule has 0 amide bonds. The summed E-state index contributed by atoms with van der Waals surface area (Å²) in [5, 5.41) is 4.38. The average Bonchev–Trinajstić information content (AvgIpc) is 2.73. The molecule has 1 aromatic rings. The van der Waals surface area contributed by atoms with Gasteiger partial charge in [-0.1, -0.05) is 6.92 Å². The highest BCUT2D eigenvalue weighted by Gasteiger charge is 2.08. The summed E-state index contributed by atoms with van der Waals surface area (Å²) in [6.07, 6.45) is 3.85. The van der Waals surface area contributed by atoms with Crippen molar-refractivity contribution in [3.05, 3.63) is 18.0 Å². The number of aromatic nitrogens is 2. The first-order chi connectivity index (χ1) is 7.67. The van der Waals surface area contributed by atoms with E-state index >= 15 is 0 Å². The lowest BCUT2D eigenvalue weighted by Crippen LogP contribution is -2.09. The Morgan fingerprint density at radius 1 is 1.62 bits per heavy atom. The van der Waals surface area contributed by atoms with Crippen LogP contribution in [0, 0.1) is 0 Å². The molecule has 0 aliphatic rings. The molecule has 4 nitrogen and oxygen atoms in total. The molecule has 0 radical (unpaired) electrons. The van der Waals surface area contributed by atoms with Gasteiger partial charge in [0.05, 0.1) is 18.7 Å². The maximum absolute atomic E-state index is 11.5. The van der Waals surface area contributed by atoms with E-state index in [1.54, 1.807) is 7.11 Å². The van der Waals surface area contributed by atoms with E-state index in [4.69, 9.17) is 4.74 Å². The molecule has 1 aromatic heterocycles. The van der Waals surface area contributed by atoms with Gasteiger partial charge in [-0.3, -0.25) is 9.48 Å². The second-order valence-corrected chi connectivity index (χ2v) is 4.00. The van der Waals surface area contributed by atoms with Gasteiger partial charge in [-0.2, -0.15) is 5.10 Å². The number of hydrogen-bond acceptors (Lipinski definition) is 3. The molecule has 0 aliphatic heterocycles. The molecule has 0 aromatic carbocycles. The van der Waals surface area contributed by atoms with Crippen LogP contribution in [0.4, 0.5) is 0 Å². The van der Waals surface area contributed by atoms with Crippen LogP contribution in [-0.2, 0) is 16.0 Å². The zero-order valence-electron chi connectivity index (χ0n) is 10.3. The molecule has 0 aliphatic carbocycles. The first kappa shape index (κ1) is 12.9. The third-order valence-electron chi connectivity index (χ3n) is 2.67. The quantitative estimate of drug-likeness (QED) is 0.711. The van der Waals surface area contributed by atoms with Gasteiger partial charge in [0, 0.05) is 25.8 Å². The molecule has 0 bridgehead atoms. The van der Waals surface area contributed by atoms with Crippen LogP contribution in [0.2, 0.25) is 0 Å². The van der Waals surface area contributed by atoms with E-state index in [0.717, 1.165) is 12.1 Å². The van der Waals surface area contributed by atoms with Crippen LogP contribution in [0.1, 0.15) is 38.4 Å². The highest BCUT2D eigenvalue weighted by atomic mass is 16.5. The lowest BCUT2D eigenvalue weighted by atomic mass is 10.2. The number of ether oxygens (including phenoxy) is 1. The van der Waals surface area contributed by atoms with E-state index in [9.17, 15) is 4.79 Å². The van der Waals surface area contributed by atoms with E-state index < -0.39 is 0 Å². The number of nitrogens with zero attached hydrogens (tertiary/aromatic N) is 2. The molecule has 0 saturated carbocycles. The molecule has 1 atom stereocenters. The largest absolute Gasteiger partial charge is 0.384 e. The Bertz CT molecular complexity index is 334. The Morgan fingerprint density at radius 3 is 3.00 bits per heavy atom. The fraction of sp³-hybridized carbons (Fsp3) is 0.667. The van der Waals surface area contributed by atoms with Crippen molar-refractivity contribution in [3.63, 3.8) is 0 Å². The second kappa shape index (κ2) is 6.43. The number of methoxy groups -OCH3 is 1. The molecular formula is C12H20N2O2. The Labute approximate surface area is 96.6 Å². The Morgan fingerprint density at radius 2 is 2.38 bits per heavy atom. The zero-order valence-corrected chi connectivity index (χ0v) is 10.3. The summed E-state index contributed by atoms with van der Waals surface area (Å²) in [5.41, 5.74) is 0.849. The van der Waals surface area contributed by atoms with Gasteiger partial charge in [0.2, 0.25) is 0 Å². The Kier molecular flexibility index (Phi) is 5.19. The zero-order chi connectivity index (χ0) is 12.0. The standard InChI is InChI=1S/C12H20N2O2/c1-4-10(2)14-7-5-11(13-14)9-12(15)6-8-16-3/h5,7,10H,4,6,8-9H2,1-3H3. The SMILES string of the molecule is CCC(C)n1ccc(CC(=O)CCOC)n1. The third kappa shape index (κ3) is 3.77. The van der Waals surface area contributed by atoms with Crippen molar-refractivity contribution in [2.75, 3.05) is 13.7 Å². The Hall–Kier alpha value is -1.16. The molecule has 1 heterocycles. The van der Waals surface area contributed by atoms with Gasteiger partial charge in [0.15, 0.2) is 0 Å². The fourth-order valence-electron chi connectivity index (χ4n) is 1.41. The molecule has 1 unspecified atom stereocenters. The number of carbonyl (C=O) groups excluding carboxylic acids is 1. The Balaban J connectivity index is 2.48. The lowest BCUT2D eigenvalue weighted by Gasteiger charge is -2.07. The minimum Gasteiger partial charge on any atom is -0.384 e. The second-order valence-electron chi connectivity index (χ2n) is 4.00. The minimum absolute atomic E-state index is 0.177. The predicted octanol–water partition coefficient (Wildman–Crippen LogP) is 2.00. The van der Waals surface area contributed by atoms with Crippen molar-refractivity contribution in [2.45, 2.75) is 39.2 Å². The summed E-state index contributed by atoms with van der Waals surface area (Å²) in [6.45, 7) is 4.73. The number of Topliss-reactive ketones (excluding diaryl/α,β-unsaturated/α-hetero) is 1. The maximum Gasteiger partial charge on any atom is 0.141 e. The van der Waals surface area contributed by atoms with Crippen molar-refractivity contribution in [1.82, 2.24) is 9.78 Å². The van der Waals surface area contributed by atoms with E-state index in [1.807, 2.05) is 16.9 Å². The molecule has 0 fully saturated rings. The summed E-state index contributed by atoms with van der Waals surface area (Å²) < 4.78 is 6.78. The lowest BCUT2D eigenvalue weighted by molar-refractivity contribution is -0.119. The van der Waals surface area contributed by atoms with Crippen LogP contribution < -0.4 is 0 Å². The highest BCUT2D eigenvalue weighted by Crippen LogP contribution is 2.09. The van der Waals surface area contributed by atoms with Crippen LogP contribution in [0.3, 0.4) is 0 Å². The van der Waals surface area contributed by atoms with Gasteiger partial charge in [0.25, 0.3) is 0 Å². The van der Waals surface area contributed by atoms with Crippen LogP contribution >= 0.6 is 0 Å². The van der Waals surface area contributed by atoms with Gasteiger partial charge < -0.3 is 4.74 Å². The number of ketones is 1. The van der Waals surface area contributed by atoms with E-state index in [-0.39, 0.29) is 5.78 Å². The van der Waals surface area contributed by atoms with Gasteiger partial charge >= 0.3 is 0 Å². The normalized spacial score (nSPS) is 12.7.